The lowest BCUT2D eigenvalue weighted by molar-refractivity contribution is 0.102. The van der Waals surface area contributed by atoms with Gasteiger partial charge in [-0.2, -0.15) is 0 Å². The van der Waals surface area contributed by atoms with Crippen LogP contribution in [-0.2, 0) is 0 Å². The largest absolute Gasteiger partial charge is 0.494 e. The van der Waals surface area contributed by atoms with Gasteiger partial charge in [-0.3, -0.25) is 4.79 Å². The minimum atomic E-state index is -0.147. The number of amides is 1. The van der Waals surface area contributed by atoms with Crippen LogP contribution in [0.5, 0.6) is 11.5 Å². The molecular formula is C18H21NO3. The lowest BCUT2D eigenvalue weighted by Crippen LogP contribution is -2.11. The Labute approximate surface area is 131 Å². The molecule has 0 aromatic heterocycles. The van der Waals surface area contributed by atoms with Crippen LogP contribution in [0, 0.1) is 0 Å². The third-order valence-corrected chi connectivity index (χ3v) is 3.01. The summed E-state index contributed by atoms with van der Waals surface area (Å²) in [4.78, 5) is 12.2. The first-order chi connectivity index (χ1) is 10.7. The van der Waals surface area contributed by atoms with Crippen LogP contribution in [0.2, 0.25) is 0 Å². The van der Waals surface area contributed by atoms with Crippen LogP contribution in [0.1, 0.15) is 30.6 Å². The van der Waals surface area contributed by atoms with E-state index in [2.05, 4.69) is 12.2 Å². The third kappa shape index (κ3) is 4.52. The molecule has 4 heteroatoms. The van der Waals surface area contributed by atoms with Gasteiger partial charge in [0, 0.05) is 11.3 Å². The molecule has 22 heavy (non-hydrogen) atoms. The number of anilines is 1. The monoisotopic (exact) mass is 299 g/mol. The Kier molecular flexibility index (Phi) is 5.83. The van der Waals surface area contributed by atoms with E-state index in [9.17, 15) is 4.79 Å². The minimum Gasteiger partial charge on any atom is -0.494 e. The summed E-state index contributed by atoms with van der Waals surface area (Å²) in [5.74, 6) is 1.42. The number of rotatable bonds is 7. The summed E-state index contributed by atoms with van der Waals surface area (Å²) in [5, 5.41) is 2.85. The lowest BCUT2D eigenvalue weighted by Gasteiger charge is -2.08. The summed E-state index contributed by atoms with van der Waals surface area (Å²) in [6.45, 7) is 5.29. The summed E-state index contributed by atoms with van der Waals surface area (Å²) in [5.41, 5.74) is 1.33. The first-order valence-corrected chi connectivity index (χ1v) is 7.50. The van der Waals surface area contributed by atoms with Crippen molar-refractivity contribution < 1.29 is 14.3 Å². The molecule has 0 aliphatic carbocycles. The third-order valence-electron chi connectivity index (χ3n) is 3.01. The molecule has 2 aromatic carbocycles. The van der Waals surface area contributed by atoms with Gasteiger partial charge in [-0.25, -0.2) is 0 Å². The number of carbonyl (C=O) groups is 1. The van der Waals surface area contributed by atoms with Crippen LogP contribution in [0.25, 0.3) is 0 Å². The van der Waals surface area contributed by atoms with Crippen molar-refractivity contribution >= 4 is 11.6 Å². The summed E-state index contributed by atoms with van der Waals surface area (Å²) in [7, 11) is 0. The van der Waals surface area contributed by atoms with E-state index >= 15 is 0 Å². The number of nitrogens with one attached hydrogen (secondary N) is 1. The highest BCUT2D eigenvalue weighted by Gasteiger charge is 2.06. The van der Waals surface area contributed by atoms with Crippen molar-refractivity contribution in [1.82, 2.24) is 0 Å². The summed E-state index contributed by atoms with van der Waals surface area (Å²) < 4.78 is 10.9. The van der Waals surface area contributed by atoms with Gasteiger partial charge in [0.1, 0.15) is 11.5 Å². The van der Waals surface area contributed by atoms with Gasteiger partial charge in [0.25, 0.3) is 5.91 Å². The highest BCUT2D eigenvalue weighted by atomic mass is 16.5. The number of hydrogen-bond donors (Lipinski definition) is 1. The highest BCUT2D eigenvalue weighted by molar-refractivity contribution is 6.04. The molecule has 0 aliphatic rings. The fraction of sp³-hybridized carbons (Fsp3) is 0.278. The van der Waals surface area contributed by atoms with Crippen molar-refractivity contribution in [1.29, 1.82) is 0 Å². The molecular weight excluding hydrogens is 278 g/mol. The van der Waals surface area contributed by atoms with Crippen molar-refractivity contribution in [2.45, 2.75) is 20.3 Å². The lowest BCUT2D eigenvalue weighted by atomic mass is 10.2. The van der Waals surface area contributed by atoms with Crippen LogP contribution in [0.4, 0.5) is 5.69 Å². The molecule has 4 nitrogen and oxygen atoms in total. The fourth-order valence-electron chi connectivity index (χ4n) is 1.93. The zero-order valence-corrected chi connectivity index (χ0v) is 13.0. The van der Waals surface area contributed by atoms with Gasteiger partial charge in [0.2, 0.25) is 0 Å². The van der Waals surface area contributed by atoms with Gasteiger partial charge in [-0.1, -0.05) is 6.92 Å². The second-order valence-corrected chi connectivity index (χ2v) is 4.78. The standard InChI is InChI=1S/C18H21NO3/c1-3-13-22-17-9-5-14(6-10-17)18(20)19-15-7-11-16(12-8-15)21-4-2/h5-12H,3-4,13H2,1-2H3,(H,19,20). The summed E-state index contributed by atoms with van der Waals surface area (Å²) in [6.07, 6.45) is 0.958. The van der Waals surface area contributed by atoms with E-state index < -0.39 is 0 Å². The Morgan fingerprint density at radius 1 is 0.909 bits per heavy atom. The molecule has 2 rings (SSSR count). The molecule has 0 unspecified atom stereocenters. The zero-order valence-electron chi connectivity index (χ0n) is 13.0. The van der Waals surface area contributed by atoms with Crippen LogP contribution in [0.15, 0.2) is 48.5 Å². The van der Waals surface area contributed by atoms with E-state index in [-0.39, 0.29) is 5.91 Å². The summed E-state index contributed by atoms with van der Waals surface area (Å²) >= 11 is 0. The quantitative estimate of drug-likeness (QED) is 0.836. The first-order valence-electron chi connectivity index (χ1n) is 7.50. The Hall–Kier alpha value is -2.49. The highest BCUT2D eigenvalue weighted by Crippen LogP contribution is 2.17. The van der Waals surface area contributed by atoms with Crippen molar-refractivity contribution in [3.05, 3.63) is 54.1 Å². The van der Waals surface area contributed by atoms with Gasteiger partial charge >= 0.3 is 0 Å². The normalized spacial score (nSPS) is 10.1. The molecule has 0 aliphatic heterocycles. The molecule has 0 saturated heterocycles. The molecule has 1 N–H and O–H groups in total. The van der Waals surface area contributed by atoms with Gasteiger partial charge in [-0.05, 0) is 61.9 Å². The molecule has 0 atom stereocenters. The number of benzene rings is 2. The molecule has 0 saturated carbocycles. The maximum absolute atomic E-state index is 12.2. The first kappa shape index (κ1) is 15.9. The average molecular weight is 299 g/mol. The maximum atomic E-state index is 12.2. The molecule has 1 amide bonds. The van der Waals surface area contributed by atoms with Crippen molar-refractivity contribution in [2.24, 2.45) is 0 Å². The van der Waals surface area contributed by atoms with Crippen molar-refractivity contribution in [2.75, 3.05) is 18.5 Å². The van der Waals surface area contributed by atoms with Crippen molar-refractivity contribution in [3.63, 3.8) is 0 Å². The van der Waals surface area contributed by atoms with E-state index in [0.717, 1.165) is 23.6 Å². The zero-order chi connectivity index (χ0) is 15.8. The molecule has 116 valence electrons. The Balaban J connectivity index is 1.96. The molecule has 0 radical (unpaired) electrons. The predicted molar refractivity (Wildman–Crippen MR) is 87.8 cm³/mol. The van der Waals surface area contributed by atoms with Crippen LogP contribution >= 0.6 is 0 Å². The molecule has 2 aromatic rings. The predicted octanol–water partition coefficient (Wildman–Crippen LogP) is 4.13. The van der Waals surface area contributed by atoms with Crippen LogP contribution in [-0.4, -0.2) is 19.1 Å². The molecule has 0 heterocycles. The molecule has 0 fully saturated rings. The van der Waals surface area contributed by atoms with Crippen LogP contribution < -0.4 is 14.8 Å². The minimum absolute atomic E-state index is 0.147. The van der Waals surface area contributed by atoms with E-state index in [1.807, 2.05) is 43.3 Å². The van der Waals surface area contributed by atoms with E-state index in [0.29, 0.717) is 18.8 Å². The van der Waals surface area contributed by atoms with Gasteiger partial charge in [0.05, 0.1) is 13.2 Å². The van der Waals surface area contributed by atoms with Gasteiger partial charge in [-0.15, -0.1) is 0 Å². The van der Waals surface area contributed by atoms with E-state index in [4.69, 9.17) is 9.47 Å². The summed E-state index contributed by atoms with van der Waals surface area (Å²) in [6, 6.07) is 14.4. The second kappa shape index (κ2) is 8.08. The van der Waals surface area contributed by atoms with Crippen LogP contribution in [0.3, 0.4) is 0 Å². The van der Waals surface area contributed by atoms with Crippen molar-refractivity contribution in [3.8, 4) is 11.5 Å². The Bertz CT molecular complexity index is 591. The number of carbonyl (C=O) groups excluding carboxylic acids is 1. The molecule has 0 spiro atoms. The van der Waals surface area contributed by atoms with Gasteiger partial charge < -0.3 is 14.8 Å². The SMILES string of the molecule is CCCOc1ccc(C(=O)Nc2ccc(OCC)cc2)cc1. The fourth-order valence-corrected chi connectivity index (χ4v) is 1.93. The average Bonchev–Trinajstić information content (AvgIpc) is 2.55. The Morgan fingerprint density at radius 3 is 2.09 bits per heavy atom. The number of hydrogen-bond acceptors (Lipinski definition) is 3. The Morgan fingerprint density at radius 2 is 1.50 bits per heavy atom. The van der Waals surface area contributed by atoms with E-state index in [1.54, 1.807) is 12.1 Å². The van der Waals surface area contributed by atoms with E-state index in [1.165, 1.54) is 0 Å². The molecule has 0 bridgehead atoms. The number of ether oxygens (including phenoxy) is 2. The maximum Gasteiger partial charge on any atom is 0.255 e. The smallest absolute Gasteiger partial charge is 0.255 e. The topological polar surface area (TPSA) is 47.6 Å². The second-order valence-electron chi connectivity index (χ2n) is 4.78. The van der Waals surface area contributed by atoms with Gasteiger partial charge in [0.15, 0.2) is 0 Å².